The molecule has 1 aliphatic heterocycles. The molecule has 1 aromatic heterocycles. The topological polar surface area (TPSA) is 90.0 Å². The molecule has 0 unspecified atom stereocenters. The predicted octanol–water partition coefficient (Wildman–Crippen LogP) is 4.03. The smallest absolute Gasteiger partial charge is 0.410 e. The van der Waals surface area contributed by atoms with E-state index in [9.17, 15) is 9.59 Å². The fraction of sp³-hybridized carbons (Fsp3) is 0.630. The van der Waals surface area contributed by atoms with Gasteiger partial charge in [0.15, 0.2) is 0 Å². The molecule has 194 valence electrons. The minimum absolute atomic E-state index is 0.00352. The van der Waals surface area contributed by atoms with Gasteiger partial charge >= 0.3 is 6.09 Å². The van der Waals surface area contributed by atoms with Crippen molar-refractivity contribution in [3.8, 4) is 0 Å². The number of carbonyl (C=O) groups excluding carboxylic acids is 2. The number of nitrogens with two attached hydrogens (primary N) is 1. The van der Waals surface area contributed by atoms with Gasteiger partial charge in [-0.15, -0.1) is 0 Å². The van der Waals surface area contributed by atoms with E-state index >= 15 is 0 Å². The molecule has 1 aromatic carbocycles. The van der Waals surface area contributed by atoms with Crippen molar-refractivity contribution in [1.82, 2.24) is 14.4 Å². The maximum Gasteiger partial charge on any atom is 0.410 e. The van der Waals surface area contributed by atoms with Crippen LogP contribution in [0.3, 0.4) is 0 Å². The van der Waals surface area contributed by atoms with E-state index < -0.39 is 5.60 Å². The molecule has 35 heavy (non-hydrogen) atoms. The Bertz CT molecular complexity index is 1040. The van der Waals surface area contributed by atoms with E-state index in [4.69, 9.17) is 15.2 Å². The largest absolute Gasteiger partial charge is 0.444 e. The van der Waals surface area contributed by atoms with Gasteiger partial charge in [0.05, 0.1) is 0 Å². The highest BCUT2D eigenvalue weighted by Gasteiger charge is 2.37. The maximum atomic E-state index is 13.7. The van der Waals surface area contributed by atoms with Gasteiger partial charge in [-0.05, 0) is 65.7 Å². The standard InChI is InChI=1S/C27H42N4O4/c1-18(2)31(16-21-15-30(17-23(21)28)26(33)35-27(4,5)6)25(32)20-9-10-22-19(3)14-29(24(22)13-20)11-8-12-34-7/h9-10,13-14,18,21,23H,8,11-12,15-17,28H2,1-7H3/t21-,23-/m1/s1. The molecule has 2 N–H and O–H groups in total. The third kappa shape index (κ3) is 6.55. The lowest BCUT2D eigenvalue weighted by Crippen LogP contribution is -2.44. The van der Waals surface area contributed by atoms with Crippen LogP contribution in [0.4, 0.5) is 4.79 Å². The van der Waals surface area contributed by atoms with Crippen molar-refractivity contribution in [3.63, 3.8) is 0 Å². The number of ether oxygens (including phenoxy) is 2. The Morgan fingerprint density at radius 2 is 1.94 bits per heavy atom. The fourth-order valence-corrected chi connectivity index (χ4v) is 4.68. The number of benzene rings is 1. The van der Waals surface area contributed by atoms with Crippen LogP contribution in [0, 0.1) is 12.8 Å². The molecule has 0 bridgehead atoms. The summed E-state index contributed by atoms with van der Waals surface area (Å²) >= 11 is 0. The molecule has 2 atom stereocenters. The molecular weight excluding hydrogens is 444 g/mol. The van der Waals surface area contributed by atoms with Crippen molar-refractivity contribution in [2.24, 2.45) is 11.7 Å². The second kappa shape index (κ2) is 11.0. The van der Waals surface area contributed by atoms with Crippen molar-refractivity contribution in [1.29, 1.82) is 0 Å². The number of fused-ring (bicyclic) bond motifs is 1. The zero-order valence-corrected chi connectivity index (χ0v) is 22.3. The zero-order valence-electron chi connectivity index (χ0n) is 22.3. The molecule has 3 rings (SSSR count). The van der Waals surface area contributed by atoms with Gasteiger partial charge in [-0.25, -0.2) is 4.79 Å². The number of amides is 2. The lowest BCUT2D eigenvalue weighted by atomic mass is 10.0. The number of aromatic nitrogens is 1. The molecule has 0 saturated carbocycles. The average Bonchev–Trinajstić information content (AvgIpc) is 3.29. The van der Waals surface area contributed by atoms with Gasteiger partial charge in [0.2, 0.25) is 0 Å². The molecule has 0 radical (unpaired) electrons. The molecule has 0 spiro atoms. The summed E-state index contributed by atoms with van der Waals surface area (Å²) in [5.41, 5.74) is 8.76. The van der Waals surface area contributed by atoms with Gasteiger partial charge in [0, 0.05) is 80.6 Å². The van der Waals surface area contributed by atoms with E-state index in [0.29, 0.717) is 31.8 Å². The van der Waals surface area contributed by atoms with Crippen LogP contribution in [-0.4, -0.2) is 77.4 Å². The first kappa shape index (κ1) is 27.0. The van der Waals surface area contributed by atoms with E-state index in [1.807, 2.05) is 57.7 Å². The fourth-order valence-electron chi connectivity index (χ4n) is 4.68. The van der Waals surface area contributed by atoms with Crippen LogP contribution in [0.5, 0.6) is 0 Å². The van der Waals surface area contributed by atoms with Crippen LogP contribution in [0.2, 0.25) is 0 Å². The van der Waals surface area contributed by atoms with E-state index in [-0.39, 0.29) is 30.0 Å². The SMILES string of the molecule is COCCCn1cc(C)c2ccc(C(=O)N(C[C@H]3CN(C(=O)OC(C)(C)C)C[C@H]3N)C(C)C)cc21. The molecule has 2 aromatic rings. The minimum atomic E-state index is -0.558. The Hall–Kier alpha value is -2.58. The van der Waals surface area contributed by atoms with E-state index in [1.165, 1.54) is 5.56 Å². The molecule has 2 heterocycles. The highest BCUT2D eigenvalue weighted by molar-refractivity contribution is 5.98. The van der Waals surface area contributed by atoms with Crippen LogP contribution in [0.1, 0.15) is 57.0 Å². The summed E-state index contributed by atoms with van der Waals surface area (Å²) in [6.45, 7) is 14.6. The lowest BCUT2D eigenvalue weighted by molar-refractivity contribution is 0.0284. The highest BCUT2D eigenvalue weighted by Crippen LogP contribution is 2.25. The summed E-state index contributed by atoms with van der Waals surface area (Å²) in [6.07, 6.45) is 2.69. The number of likely N-dealkylation sites (tertiary alicyclic amines) is 1. The Morgan fingerprint density at radius 1 is 1.23 bits per heavy atom. The highest BCUT2D eigenvalue weighted by atomic mass is 16.6. The number of hydrogen-bond donors (Lipinski definition) is 1. The summed E-state index contributed by atoms with van der Waals surface area (Å²) in [4.78, 5) is 29.7. The zero-order chi connectivity index (χ0) is 25.9. The first-order valence-electron chi connectivity index (χ1n) is 12.5. The Balaban J connectivity index is 1.77. The quantitative estimate of drug-likeness (QED) is 0.569. The van der Waals surface area contributed by atoms with E-state index in [0.717, 1.165) is 23.9 Å². The first-order valence-corrected chi connectivity index (χ1v) is 12.5. The van der Waals surface area contributed by atoms with Crippen LogP contribution in [0.15, 0.2) is 24.4 Å². The first-order chi connectivity index (χ1) is 16.4. The summed E-state index contributed by atoms with van der Waals surface area (Å²) in [6, 6.07) is 5.73. The molecule has 8 nitrogen and oxygen atoms in total. The monoisotopic (exact) mass is 486 g/mol. The number of carbonyl (C=O) groups is 2. The number of nitrogens with zero attached hydrogens (tertiary/aromatic N) is 3. The number of aryl methyl sites for hydroxylation is 2. The predicted molar refractivity (Wildman–Crippen MR) is 139 cm³/mol. The van der Waals surface area contributed by atoms with Crippen molar-refractivity contribution in [2.45, 2.75) is 72.2 Å². The van der Waals surface area contributed by atoms with E-state index in [1.54, 1.807) is 12.0 Å². The molecular formula is C27H42N4O4. The lowest BCUT2D eigenvalue weighted by Gasteiger charge is -2.31. The third-order valence-electron chi connectivity index (χ3n) is 6.53. The summed E-state index contributed by atoms with van der Waals surface area (Å²) in [5.74, 6) is -0.0372. The molecule has 1 fully saturated rings. The number of methoxy groups -OCH3 is 1. The Morgan fingerprint density at radius 3 is 2.57 bits per heavy atom. The van der Waals surface area contributed by atoms with Gasteiger partial charge in [0.1, 0.15) is 5.60 Å². The summed E-state index contributed by atoms with van der Waals surface area (Å²) < 4.78 is 12.9. The molecule has 0 aliphatic carbocycles. The molecule has 1 aliphatic rings. The van der Waals surface area contributed by atoms with Crippen molar-refractivity contribution < 1.29 is 19.1 Å². The third-order valence-corrected chi connectivity index (χ3v) is 6.53. The van der Waals surface area contributed by atoms with Gasteiger partial charge in [0.25, 0.3) is 5.91 Å². The van der Waals surface area contributed by atoms with Crippen LogP contribution in [-0.2, 0) is 16.0 Å². The van der Waals surface area contributed by atoms with Gasteiger partial charge < -0.3 is 29.6 Å². The second-order valence-corrected chi connectivity index (χ2v) is 10.9. The average molecular weight is 487 g/mol. The summed E-state index contributed by atoms with van der Waals surface area (Å²) in [7, 11) is 1.71. The maximum absolute atomic E-state index is 13.7. The van der Waals surface area contributed by atoms with Crippen LogP contribution in [0.25, 0.3) is 10.9 Å². The second-order valence-electron chi connectivity index (χ2n) is 10.9. The molecule has 2 amide bonds. The Labute approximate surface area is 209 Å². The normalized spacial score (nSPS) is 18.5. The minimum Gasteiger partial charge on any atom is -0.444 e. The Kier molecular flexibility index (Phi) is 8.49. The van der Waals surface area contributed by atoms with Crippen molar-refractivity contribution >= 4 is 22.9 Å². The van der Waals surface area contributed by atoms with Crippen LogP contribution < -0.4 is 5.73 Å². The molecule has 8 heteroatoms. The van der Waals surface area contributed by atoms with Gasteiger partial charge in [-0.2, -0.15) is 0 Å². The number of hydrogen-bond acceptors (Lipinski definition) is 5. The van der Waals surface area contributed by atoms with Gasteiger partial charge in [-0.3, -0.25) is 4.79 Å². The van der Waals surface area contributed by atoms with E-state index in [2.05, 4.69) is 17.7 Å². The van der Waals surface area contributed by atoms with Crippen LogP contribution >= 0.6 is 0 Å². The van der Waals surface area contributed by atoms with Gasteiger partial charge in [-0.1, -0.05) is 6.07 Å². The molecule has 1 saturated heterocycles. The number of rotatable bonds is 8. The summed E-state index contributed by atoms with van der Waals surface area (Å²) in [5, 5.41) is 1.15. The van der Waals surface area contributed by atoms with Crippen molar-refractivity contribution in [3.05, 3.63) is 35.5 Å². The van der Waals surface area contributed by atoms with Crippen molar-refractivity contribution in [2.75, 3.05) is 33.4 Å².